The van der Waals surface area contributed by atoms with Crippen molar-refractivity contribution in [3.8, 4) is 0 Å². The summed E-state index contributed by atoms with van der Waals surface area (Å²) in [6, 6.07) is 0. The monoisotopic (exact) mass is 1970 g/mol. The van der Waals surface area contributed by atoms with Gasteiger partial charge in [0, 0.05) is 13.0 Å². The van der Waals surface area contributed by atoms with E-state index < -0.39 is 91.3 Å². The average molecular weight is 1970 g/mol. The lowest BCUT2D eigenvalue weighted by molar-refractivity contribution is -0.397. The first kappa shape index (κ1) is 114. The van der Waals surface area contributed by atoms with Crippen molar-refractivity contribution in [2.75, 3.05) is 7.11 Å². The van der Waals surface area contributed by atoms with E-state index in [-0.39, 0.29) is 122 Å². The van der Waals surface area contributed by atoms with Gasteiger partial charge >= 0.3 is 0 Å². The number of ether oxygens (including phenoxy) is 9. The summed E-state index contributed by atoms with van der Waals surface area (Å²) >= 11 is 0. The minimum Gasteiger partial charge on any atom is -0.393 e. The molecule has 19 nitrogen and oxygen atoms in total. The maximum absolute atomic E-state index is 12.4. The van der Waals surface area contributed by atoms with Crippen molar-refractivity contribution in [1.82, 2.24) is 0 Å². The van der Waals surface area contributed by atoms with Gasteiger partial charge in [0.15, 0.2) is 31.5 Å². The van der Waals surface area contributed by atoms with E-state index in [2.05, 4.69) is 240 Å². The zero-order valence-electron chi connectivity index (χ0n) is 94.9. The van der Waals surface area contributed by atoms with Crippen LogP contribution < -0.4 is 0 Å². The van der Waals surface area contributed by atoms with Crippen molar-refractivity contribution >= 4 is 0 Å². The highest BCUT2D eigenvalue weighted by Crippen LogP contribution is 2.81. The van der Waals surface area contributed by atoms with Crippen LogP contribution in [0, 0.1) is 183 Å². The molecule has 0 spiro atoms. The summed E-state index contributed by atoms with van der Waals surface area (Å²) in [5, 5.41) is 114. The molecule has 12 saturated carbocycles. The number of methoxy groups -OCH3 is 1. The van der Waals surface area contributed by atoms with E-state index in [1.54, 1.807) is 0 Å². The van der Waals surface area contributed by atoms with Crippen molar-refractivity contribution in [2.45, 2.75) is 537 Å². The van der Waals surface area contributed by atoms with Crippen LogP contribution in [0.4, 0.5) is 0 Å². The first-order valence-corrected chi connectivity index (χ1v) is 57.3. The lowest BCUT2D eigenvalue weighted by Crippen LogP contribution is -2.69. The molecule has 140 heavy (non-hydrogen) atoms. The van der Waals surface area contributed by atoms with Gasteiger partial charge in [-0.05, 0) is 421 Å². The van der Waals surface area contributed by atoms with Crippen LogP contribution in [0.2, 0.25) is 0 Å². The molecule has 0 bridgehead atoms. The molecule has 808 valence electrons. The summed E-state index contributed by atoms with van der Waals surface area (Å²) < 4.78 is 57.4. The van der Waals surface area contributed by atoms with Crippen molar-refractivity contribution < 1.29 is 93.7 Å². The lowest BCUT2D eigenvalue weighted by atomic mass is 9.34. The van der Waals surface area contributed by atoms with E-state index >= 15 is 0 Å². The Morgan fingerprint density at radius 1 is 0.364 bits per heavy atom. The normalized spacial score (nSPS) is 52.8. The number of allylic oxidation sites excluding steroid dienone is 6. The topological polar surface area (TPSA) is 285 Å². The van der Waals surface area contributed by atoms with Crippen molar-refractivity contribution in [2.24, 2.45) is 183 Å². The maximum Gasteiger partial charge on any atom is 0.190 e. The first-order chi connectivity index (χ1) is 64.8. The number of hydrogen-bond acceptors (Lipinski definition) is 19. The van der Waals surface area contributed by atoms with Crippen LogP contribution in [0.1, 0.15) is 402 Å². The van der Waals surface area contributed by atoms with Crippen LogP contribution in [0.25, 0.3) is 0 Å². The van der Waals surface area contributed by atoms with Crippen LogP contribution in [0.15, 0.2) is 34.9 Å². The van der Waals surface area contributed by atoms with Crippen molar-refractivity contribution in [3.05, 3.63) is 34.9 Å². The Bertz CT molecular complexity index is 4260. The van der Waals surface area contributed by atoms with E-state index in [1.807, 2.05) is 6.92 Å². The molecule has 24 unspecified atom stereocenters. The lowest BCUT2D eigenvalue weighted by Gasteiger charge is -2.71. The average Bonchev–Trinajstić information content (AvgIpc) is 1.38. The molecule has 19 heteroatoms. The second-order valence-corrected chi connectivity index (χ2v) is 57.1. The van der Waals surface area contributed by atoms with Crippen LogP contribution in [-0.2, 0) is 42.6 Å². The molecule has 10 N–H and O–H groups in total. The summed E-state index contributed by atoms with van der Waals surface area (Å²) in [5.41, 5.74) is 3.53. The summed E-state index contributed by atoms with van der Waals surface area (Å²) in [6.45, 7) is 79.2. The molecule has 4 aliphatic heterocycles. The third-order valence-corrected chi connectivity index (χ3v) is 48.4. The highest BCUT2D eigenvalue weighted by atomic mass is 16.8. The minimum absolute atomic E-state index is 0.0181. The van der Waals surface area contributed by atoms with Crippen LogP contribution >= 0.6 is 0 Å². The fraction of sp³-hybridized carbons (Fsp3) is 0.950. The first-order valence-electron chi connectivity index (χ1n) is 57.3. The highest BCUT2D eigenvalue weighted by molar-refractivity contribution is 5.25. The van der Waals surface area contributed by atoms with Gasteiger partial charge in [-0.25, -0.2) is 0 Å². The molecular formula is C121H210O19. The fourth-order valence-electron chi connectivity index (χ4n) is 38.6. The van der Waals surface area contributed by atoms with E-state index in [4.69, 9.17) is 42.6 Å². The SMILES string of the molecule is CC(C)=CCCC(C)C1CC[C@]2(C)C1[C@H](O)CC1[C@@]3(C)CC(O)C(O[C@@H]4OC(C)[C@@H](C)[C@@H](C)C4O[C@@H]4OC(C)[C@@H](C)[C@@H](C)C4C)C(C)(C)C3CC[C@]12C.CC(C)=CCC[C@](C)(O)C1CC[C@]2(C)C1[C@H](C)CC1[C@@]3(C)CC[C@H](C)C(C)(C)C3CC[C@]12C.COC1O[C@@H](OC2CC[C@@]3(C)C(CC[C@]4(C)C3C[C@@H](O)C3C([C@](C)(O)CCC=C(C)C)CC[C@]34C)C2(C)C)C(O[C@@H]2OC(C)[C@@H](O)[C@@H](O)C2O)[C@H](O)[C@@H]1O. The molecule has 16 rings (SSSR count). The second-order valence-electron chi connectivity index (χ2n) is 57.1. The standard InChI is InChI=1S/C47H82O6.C42H72O12.C32H56O/c1-25(2)17-16-18-26(3)34-19-21-47(15)39(34)35(48)23-38-45(13)24-36(49)41(44(11,12)37(45)20-22-46(38,47)14)53-43-40(30(7)29(6)33(10)51-43)52-42-31(8)27(4)28(5)32(9)50-42;1-21(2)12-11-16-42(9,49)23-13-18-41(8)28(23)24(43)20-26-39(6)17-15-27(38(4,5)25(39)14-19-40(26,41)7)52-37-34(31(46)33(48)35(50-10)54-37)53-36-32(47)30(45)29(44)22(3)51-36;1-21(2)12-11-16-32(10,33)24-14-18-31(9)27(24)22(3)20-26-29(7)17-13-23(4)28(5,6)25(29)15-19-30(26,31)8/h17,26-43,48-49H,16,18-24H2,1-15H3;12,22-37,43-49H,11,13-20H2,1-10H3;12,22-27,33H,11,13-20H2,1-10H3/t26?,27-,28+,29+,30-,31?,32?,33?,34?,35-,36?,37?,38?,39?,40?,41?,42+,43+,45+,46-,47-;22?,23?,24-,25?,26?,27?,28?,29-,30-,31-,32?,33+,34?,35?,36+,37-,39+,40-,41-,42-;22-,23+,24?,25?,26?,27?,29+,30-,31-,32+/m111/s1. The summed E-state index contributed by atoms with van der Waals surface area (Å²) in [5.74, 6) is 8.89. The van der Waals surface area contributed by atoms with E-state index in [0.29, 0.717) is 112 Å². The van der Waals surface area contributed by atoms with Gasteiger partial charge in [-0.1, -0.05) is 194 Å². The van der Waals surface area contributed by atoms with E-state index in [0.717, 1.165) is 88.4 Å². The molecule has 4 heterocycles. The molecule has 0 amide bonds. The Morgan fingerprint density at radius 2 is 0.793 bits per heavy atom. The molecule has 51 atom stereocenters. The Morgan fingerprint density at radius 3 is 1.34 bits per heavy atom. The third-order valence-electron chi connectivity index (χ3n) is 48.4. The number of hydrogen-bond donors (Lipinski definition) is 10. The molecule has 0 aromatic heterocycles. The quantitative estimate of drug-likeness (QED) is 0.0377. The van der Waals surface area contributed by atoms with Gasteiger partial charge in [-0.2, -0.15) is 0 Å². The molecule has 0 aromatic carbocycles. The van der Waals surface area contributed by atoms with Gasteiger partial charge in [0.2, 0.25) is 0 Å². The summed E-state index contributed by atoms with van der Waals surface area (Å²) in [7, 11) is 1.36. The summed E-state index contributed by atoms with van der Waals surface area (Å²) in [6.07, 6.45) is 17.8. The number of aliphatic hydroxyl groups is 10. The highest BCUT2D eigenvalue weighted by Gasteiger charge is 2.77. The fourth-order valence-corrected chi connectivity index (χ4v) is 38.6. The molecule has 16 aliphatic rings. The Balaban J connectivity index is 0.000000172. The molecular weight excluding hydrogens is 1760 g/mol. The van der Waals surface area contributed by atoms with Gasteiger partial charge in [-0.3, -0.25) is 0 Å². The predicted octanol–water partition coefficient (Wildman–Crippen LogP) is 23.3. The molecule has 4 saturated heterocycles. The Kier molecular flexibility index (Phi) is 33.5. The van der Waals surface area contributed by atoms with Crippen molar-refractivity contribution in [1.29, 1.82) is 0 Å². The number of rotatable bonds is 21. The third kappa shape index (κ3) is 19.3. The van der Waals surface area contributed by atoms with E-state index in [1.165, 1.54) is 101 Å². The smallest absolute Gasteiger partial charge is 0.190 e. The van der Waals surface area contributed by atoms with Gasteiger partial charge in [0.25, 0.3) is 0 Å². The molecule has 16 fully saturated rings. The Hall–Kier alpha value is -1.54. The largest absolute Gasteiger partial charge is 0.393 e. The second kappa shape index (κ2) is 41.1. The molecule has 0 radical (unpaired) electrons. The van der Waals surface area contributed by atoms with Gasteiger partial charge in [0.05, 0.1) is 60.0 Å². The number of aliphatic hydroxyl groups excluding tert-OH is 8. The van der Waals surface area contributed by atoms with Gasteiger partial charge in [-0.15, -0.1) is 0 Å². The van der Waals surface area contributed by atoms with Gasteiger partial charge < -0.3 is 93.7 Å². The van der Waals surface area contributed by atoms with Gasteiger partial charge in [0.1, 0.15) is 42.7 Å². The molecule has 12 aliphatic carbocycles. The van der Waals surface area contributed by atoms with E-state index in [9.17, 15) is 51.1 Å². The summed E-state index contributed by atoms with van der Waals surface area (Å²) in [4.78, 5) is 0. The van der Waals surface area contributed by atoms with Crippen molar-refractivity contribution in [3.63, 3.8) is 0 Å². The van der Waals surface area contributed by atoms with Crippen LogP contribution in [0.3, 0.4) is 0 Å². The van der Waals surface area contributed by atoms with Crippen LogP contribution in [-0.4, -0.2) is 192 Å². The van der Waals surface area contributed by atoms with Crippen LogP contribution in [0.5, 0.6) is 0 Å². The molecule has 0 aromatic rings. The predicted molar refractivity (Wildman–Crippen MR) is 555 cm³/mol. The zero-order valence-corrected chi connectivity index (χ0v) is 94.9. The minimum atomic E-state index is -1.62. The number of fused-ring (bicyclic) bond motifs is 15. The maximum atomic E-state index is 12.4. The Labute approximate surface area is 850 Å². The zero-order chi connectivity index (χ0) is 104.